The predicted octanol–water partition coefficient (Wildman–Crippen LogP) is 5.07. The van der Waals surface area contributed by atoms with Crippen molar-refractivity contribution in [3.8, 4) is 17.2 Å². The summed E-state index contributed by atoms with van der Waals surface area (Å²) in [6.07, 6.45) is 0.621. The van der Waals surface area contributed by atoms with Crippen molar-refractivity contribution in [3.63, 3.8) is 0 Å². The molecule has 1 heterocycles. The molecule has 0 saturated heterocycles. The molecule has 26 heavy (non-hydrogen) atoms. The van der Waals surface area contributed by atoms with Gasteiger partial charge in [-0.3, -0.25) is 4.79 Å². The van der Waals surface area contributed by atoms with Crippen molar-refractivity contribution in [3.05, 3.63) is 27.6 Å². The third-order valence-electron chi connectivity index (χ3n) is 5.30. The SMILES string of the molecule is CCc1oc2c(O[Si](C)(C)C(C)(C)C)c(OC)cc(OC)c2c(=O)c1C. The first-order chi connectivity index (χ1) is 12.0. The van der Waals surface area contributed by atoms with Crippen molar-refractivity contribution < 1.29 is 18.3 Å². The lowest BCUT2D eigenvalue weighted by Crippen LogP contribution is -2.44. The van der Waals surface area contributed by atoms with E-state index in [1.54, 1.807) is 20.1 Å². The van der Waals surface area contributed by atoms with Gasteiger partial charge in [0.1, 0.15) is 16.9 Å². The molecule has 5 nitrogen and oxygen atoms in total. The highest BCUT2D eigenvalue weighted by Gasteiger charge is 2.40. The second-order valence-electron chi connectivity index (χ2n) is 8.01. The van der Waals surface area contributed by atoms with Crippen LogP contribution in [-0.2, 0) is 6.42 Å². The number of benzene rings is 1. The lowest BCUT2D eigenvalue weighted by Gasteiger charge is -2.36. The summed E-state index contributed by atoms with van der Waals surface area (Å²) in [6.45, 7) is 14.5. The van der Waals surface area contributed by atoms with Crippen LogP contribution in [0.4, 0.5) is 0 Å². The van der Waals surface area contributed by atoms with E-state index in [4.69, 9.17) is 18.3 Å². The van der Waals surface area contributed by atoms with Gasteiger partial charge in [0, 0.05) is 18.1 Å². The van der Waals surface area contributed by atoms with E-state index in [-0.39, 0.29) is 10.5 Å². The van der Waals surface area contributed by atoms with Crippen molar-refractivity contribution in [1.29, 1.82) is 0 Å². The topological polar surface area (TPSA) is 57.9 Å². The molecule has 2 rings (SSSR count). The molecule has 0 atom stereocenters. The Morgan fingerprint density at radius 2 is 1.69 bits per heavy atom. The number of hydrogen-bond acceptors (Lipinski definition) is 5. The lowest BCUT2D eigenvalue weighted by atomic mass is 10.1. The molecule has 1 aromatic heterocycles. The summed E-state index contributed by atoms with van der Waals surface area (Å²) in [7, 11) is 0.929. The summed E-state index contributed by atoms with van der Waals surface area (Å²) in [4.78, 5) is 13.0. The Labute approximate surface area is 156 Å². The van der Waals surface area contributed by atoms with Crippen LogP contribution in [0.1, 0.15) is 39.0 Å². The fraction of sp³-hybridized carbons (Fsp3) is 0.550. The minimum atomic E-state index is -2.18. The summed E-state index contributed by atoms with van der Waals surface area (Å²) >= 11 is 0. The first-order valence-electron chi connectivity index (χ1n) is 8.88. The fourth-order valence-corrected chi connectivity index (χ4v) is 3.58. The molecule has 0 amide bonds. The Morgan fingerprint density at radius 1 is 1.12 bits per heavy atom. The number of ether oxygens (including phenoxy) is 2. The van der Waals surface area contributed by atoms with Crippen LogP contribution in [0.2, 0.25) is 18.1 Å². The van der Waals surface area contributed by atoms with Crippen LogP contribution in [-0.4, -0.2) is 22.5 Å². The van der Waals surface area contributed by atoms with E-state index in [0.717, 1.165) is 0 Å². The molecule has 0 spiro atoms. The van der Waals surface area contributed by atoms with Crippen LogP contribution in [0.5, 0.6) is 17.2 Å². The Kier molecular flexibility index (Phi) is 5.47. The van der Waals surface area contributed by atoms with Crippen LogP contribution in [0, 0.1) is 6.92 Å². The summed E-state index contributed by atoms with van der Waals surface area (Å²) in [5.74, 6) is 2.08. The third-order valence-corrected chi connectivity index (χ3v) is 9.63. The molecular formula is C20H30O5Si. The van der Waals surface area contributed by atoms with Gasteiger partial charge in [-0.25, -0.2) is 0 Å². The summed E-state index contributed by atoms with van der Waals surface area (Å²) in [6, 6.07) is 1.70. The van der Waals surface area contributed by atoms with Crippen molar-refractivity contribution in [2.45, 2.75) is 59.2 Å². The van der Waals surface area contributed by atoms with Crippen LogP contribution < -0.4 is 19.3 Å². The molecule has 144 valence electrons. The van der Waals surface area contributed by atoms with Gasteiger partial charge >= 0.3 is 0 Å². The monoisotopic (exact) mass is 378 g/mol. The van der Waals surface area contributed by atoms with Gasteiger partial charge in [-0.2, -0.15) is 0 Å². The number of rotatable bonds is 5. The van der Waals surface area contributed by atoms with Crippen molar-refractivity contribution in [1.82, 2.24) is 0 Å². The van der Waals surface area contributed by atoms with E-state index in [1.165, 1.54) is 7.11 Å². The summed E-state index contributed by atoms with van der Waals surface area (Å²) in [5, 5.41) is 0.389. The van der Waals surface area contributed by atoms with Gasteiger partial charge < -0.3 is 18.3 Å². The van der Waals surface area contributed by atoms with Gasteiger partial charge in [0.05, 0.1) is 14.2 Å². The molecule has 0 bridgehead atoms. The molecule has 6 heteroatoms. The van der Waals surface area contributed by atoms with Gasteiger partial charge in [-0.05, 0) is 25.1 Å². The molecule has 1 aromatic carbocycles. The average molecular weight is 379 g/mol. The molecule has 0 N–H and O–H groups in total. The smallest absolute Gasteiger partial charge is 0.250 e. The fourth-order valence-electron chi connectivity index (χ4n) is 2.58. The maximum Gasteiger partial charge on any atom is 0.250 e. The van der Waals surface area contributed by atoms with E-state index in [0.29, 0.717) is 46.0 Å². The number of hydrogen-bond donors (Lipinski definition) is 0. The normalized spacial score (nSPS) is 12.3. The van der Waals surface area contributed by atoms with E-state index < -0.39 is 8.32 Å². The molecule has 0 radical (unpaired) electrons. The molecule has 0 fully saturated rings. The second-order valence-corrected chi connectivity index (χ2v) is 12.7. The molecule has 2 aromatic rings. The number of fused-ring (bicyclic) bond motifs is 1. The van der Waals surface area contributed by atoms with Crippen molar-refractivity contribution in [2.24, 2.45) is 0 Å². The highest BCUT2D eigenvalue weighted by molar-refractivity contribution is 6.74. The first kappa shape index (κ1) is 20.4. The predicted molar refractivity (Wildman–Crippen MR) is 108 cm³/mol. The van der Waals surface area contributed by atoms with Gasteiger partial charge in [0.25, 0.3) is 8.32 Å². The minimum Gasteiger partial charge on any atom is -0.538 e. The Bertz CT molecular complexity index is 875. The highest BCUT2D eigenvalue weighted by Crippen LogP contribution is 2.45. The Hall–Kier alpha value is -1.95. The molecule has 0 saturated carbocycles. The van der Waals surface area contributed by atoms with Crippen LogP contribution >= 0.6 is 0 Å². The van der Waals surface area contributed by atoms with E-state index >= 15 is 0 Å². The van der Waals surface area contributed by atoms with Crippen molar-refractivity contribution in [2.75, 3.05) is 14.2 Å². The summed E-state index contributed by atoms with van der Waals surface area (Å²) < 4.78 is 23.7. The van der Waals surface area contributed by atoms with E-state index in [9.17, 15) is 4.79 Å². The quantitative estimate of drug-likeness (QED) is 0.680. The summed E-state index contributed by atoms with van der Waals surface area (Å²) in [5.41, 5.74) is 0.905. The number of aryl methyl sites for hydroxylation is 1. The van der Waals surface area contributed by atoms with Crippen molar-refractivity contribution >= 4 is 19.3 Å². The van der Waals surface area contributed by atoms with Gasteiger partial charge in [0.2, 0.25) is 0 Å². The maximum atomic E-state index is 13.0. The molecular weight excluding hydrogens is 348 g/mol. The minimum absolute atomic E-state index is 0.0111. The molecule has 0 aliphatic heterocycles. The zero-order valence-corrected chi connectivity index (χ0v) is 18.3. The van der Waals surface area contributed by atoms with Crippen LogP contribution in [0.3, 0.4) is 0 Å². The van der Waals surface area contributed by atoms with Crippen LogP contribution in [0.25, 0.3) is 11.0 Å². The Morgan fingerprint density at radius 3 is 2.15 bits per heavy atom. The zero-order chi connectivity index (χ0) is 19.9. The van der Waals surface area contributed by atoms with Gasteiger partial charge in [-0.15, -0.1) is 0 Å². The second kappa shape index (κ2) is 6.99. The van der Waals surface area contributed by atoms with E-state index in [2.05, 4.69) is 33.9 Å². The Balaban J connectivity index is 2.92. The highest BCUT2D eigenvalue weighted by atomic mass is 28.4. The lowest BCUT2D eigenvalue weighted by molar-refractivity contribution is 0.373. The zero-order valence-electron chi connectivity index (χ0n) is 17.3. The molecule has 0 unspecified atom stereocenters. The number of methoxy groups -OCH3 is 2. The molecule has 0 aliphatic carbocycles. The largest absolute Gasteiger partial charge is 0.538 e. The average Bonchev–Trinajstić information content (AvgIpc) is 2.56. The van der Waals surface area contributed by atoms with Crippen LogP contribution in [0.15, 0.2) is 15.3 Å². The molecule has 0 aliphatic rings. The van der Waals surface area contributed by atoms with Gasteiger partial charge in [-0.1, -0.05) is 27.7 Å². The standard InChI is InChI=1S/C20H30O5Si/c1-10-13-12(2)17(21)16-14(22-6)11-15(23-7)18(19(16)24-13)25-26(8,9)20(3,4)5/h11H,10H2,1-9H3. The van der Waals surface area contributed by atoms with E-state index in [1.807, 2.05) is 6.92 Å². The van der Waals surface area contributed by atoms with Gasteiger partial charge in [0.15, 0.2) is 22.5 Å². The third kappa shape index (κ3) is 3.34. The maximum absolute atomic E-state index is 13.0. The first-order valence-corrected chi connectivity index (χ1v) is 11.8.